The summed E-state index contributed by atoms with van der Waals surface area (Å²) in [5.74, 6) is 0. The molecule has 25 valence electrons. The van der Waals surface area contributed by atoms with Crippen LogP contribution in [0, 0.1) is 0 Å². The SMILES string of the molecule is [Li].[S].[S]=[Mo]=[S]. The second-order valence-corrected chi connectivity index (χ2v) is 3.62. The van der Waals surface area contributed by atoms with Gasteiger partial charge in [-0.1, -0.05) is 0 Å². The monoisotopic (exact) mass is 201 g/mol. The summed E-state index contributed by atoms with van der Waals surface area (Å²) >= 11 is -0.363. The quantitative estimate of drug-likeness (QED) is 0.543. The molecular weight excluding hydrogens is 199 g/mol. The molecule has 0 aliphatic heterocycles. The van der Waals surface area contributed by atoms with Crippen molar-refractivity contribution in [1.82, 2.24) is 0 Å². The first-order valence-corrected chi connectivity index (χ1v) is 5.92. The average molecular weight is 199 g/mol. The Morgan fingerprint density at radius 1 is 1.20 bits per heavy atom. The van der Waals surface area contributed by atoms with Crippen LogP contribution >= 0.6 is 33.1 Å². The summed E-state index contributed by atoms with van der Waals surface area (Å²) in [6.07, 6.45) is 0. The Labute approximate surface area is 66.1 Å². The Hall–Kier alpha value is 2.08. The van der Waals surface area contributed by atoms with Crippen molar-refractivity contribution < 1.29 is 14.9 Å². The molecule has 0 fully saturated rings. The molecule has 0 aliphatic rings. The molecule has 0 spiro atoms. The van der Waals surface area contributed by atoms with Crippen LogP contribution in [0.3, 0.4) is 0 Å². The number of rotatable bonds is 0. The van der Waals surface area contributed by atoms with Crippen LogP contribution in [-0.2, 0) is 14.9 Å². The first kappa shape index (κ1) is 15.7. The summed E-state index contributed by atoms with van der Waals surface area (Å²) in [5.41, 5.74) is 0. The van der Waals surface area contributed by atoms with E-state index < -0.39 is 0 Å². The van der Waals surface area contributed by atoms with Crippen molar-refractivity contribution in [1.29, 1.82) is 0 Å². The molecule has 0 rings (SSSR count). The number of hydrogen-bond donors (Lipinski definition) is 0. The fraction of sp³-hybridized carbons (Fsp3) is 0. The Balaban J connectivity index is -0.0000000200. The second kappa shape index (κ2) is 16.5. The maximum absolute atomic E-state index is 4.34. The zero-order valence-electron chi connectivity index (χ0n) is 2.63. The van der Waals surface area contributed by atoms with Crippen LogP contribution in [0.5, 0.6) is 0 Å². The fourth-order valence-corrected chi connectivity index (χ4v) is 0. The Bertz CT molecular complexity index is 27.9. The molecule has 0 N–H and O–H groups in total. The first-order chi connectivity index (χ1) is 1.41. The summed E-state index contributed by atoms with van der Waals surface area (Å²) in [7, 11) is 8.68. The fourth-order valence-electron chi connectivity index (χ4n) is 0. The van der Waals surface area contributed by atoms with Gasteiger partial charge in [0.1, 0.15) is 0 Å². The zero-order valence-corrected chi connectivity index (χ0v) is 7.09. The van der Waals surface area contributed by atoms with Gasteiger partial charge in [-0.15, -0.1) is 0 Å². The molecular formula is LiMoS3. The summed E-state index contributed by atoms with van der Waals surface area (Å²) in [6.45, 7) is 0. The predicted octanol–water partition coefficient (Wildman–Crippen LogP) is 1.56. The van der Waals surface area contributed by atoms with E-state index in [1.807, 2.05) is 0 Å². The molecule has 0 aromatic heterocycles. The van der Waals surface area contributed by atoms with Gasteiger partial charge < -0.3 is 0 Å². The van der Waals surface area contributed by atoms with E-state index in [4.69, 9.17) is 0 Å². The van der Waals surface area contributed by atoms with Crippen LogP contribution in [0.15, 0.2) is 0 Å². The molecule has 0 aliphatic carbocycles. The molecule has 0 amide bonds. The van der Waals surface area contributed by atoms with Gasteiger partial charge in [0.15, 0.2) is 0 Å². The van der Waals surface area contributed by atoms with Gasteiger partial charge in [-0.2, -0.15) is 0 Å². The zero-order chi connectivity index (χ0) is 2.71. The van der Waals surface area contributed by atoms with Crippen molar-refractivity contribution in [3.63, 3.8) is 0 Å². The average Bonchev–Trinajstić information content (AvgIpc) is 0.918. The van der Waals surface area contributed by atoms with Crippen LogP contribution in [0.25, 0.3) is 0 Å². The minimum atomic E-state index is -0.363. The molecule has 5 heteroatoms. The van der Waals surface area contributed by atoms with Gasteiger partial charge in [0, 0.05) is 32.4 Å². The van der Waals surface area contributed by atoms with E-state index in [-0.39, 0.29) is 47.3 Å². The third-order valence-electron chi connectivity index (χ3n) is 0. The van der Waals surface area contributed by atoms with E-state index in [1.54, 1.807) is 0 Å². The summed E-state index contributed by atoms with van der Waals surface area (Å²) in [6, 6.07) is 0. The summed E-state index contributed by atoms with van der Waals surface area (Å²) in [5, 5.41) is 0. The van der Waals surface area contributed by atoms with Gasteiger partial charge >= 0.3 is 34.6 Å². The molecule has 0 aromatic carbocycles. The van der Waals surface area contributed by atoms with Crippen LogP contribution in [0.4, 0.5) is 0 Å². The Kier molecular flexibility index (Phi) is 52.0. The van der Waals surface area contributed by atoms with E-state index in [0.717, 1.165) is 0 Å². The van der Waals surface area contributed by atoms with Crippen molar-refractivity contribution in [2.24, 2.45) is 0 Å². The van der Waals surface area contributed by atoms with Crippen molar-refractivity contribution in [3.8, 4) is 0 Å². The number of hydrogen-bond acceptors (Lipinski definition) is 2. The molecule has 5 heavy (non-hydrogen) atoms. The van der Waals surface area contributed by atoms with Crippen LogP contribution in [0.1, 0.15) is 0 Å². The van der Waals surface area contributed by atoms with E-state index in [2.05, 4.69) is 19.6 Å². The third-order valence-corrected chi connectivity index (χ3v) is 0. The van der Waals surface area contributed by atoms with Gasteiger partial charge in [0.25, 0.3) is 0 Å². The first-order valence-electron chi connectivity index (χ1n) is 0.333. The van der Waals surface area contributed by atoms with Crippen molar-refractivity contribution in [3.05, 3.63) is 0 Å². The van der Waals surface area contributed by atoms with Gasteiger partial charge in [0.2, 0.25) is 0 Å². The topological polar surface area (TPSA) is 0 Å². The van der Waals surface area contributed by atoms with Gasteiger partial charge in [-0.25, -0.2) is 0 Å². The van der Waals surface area contributed by atoms with E-state index in [9.17, 15) is 0 Å². The van der Waals surface area contributed by atoms with E-state index in [0.29, 0.717) is 0 Å². The second-order valence-electron chi connectivity index (χ2n) is 0.0680. The molecule has 0 atom stereocenters. The molecule has 0 aromatic rings. The van der Waals surface area contributed by atoms with Crippen molar-refractivity contribution in [2.45, 2.75) is 0 Å². The standard InChI is InChI=1S/Li.Mo.3S. The Morgan fingerprint density at radius 2 is 1.20 bits per heavy atom. The molecule has 0 saturated heterocycles. The summed E-state index contributed by atoms with van der Waals surface area (Å²) < 4.78 is 0. The van der Waals surface area contributed by atoms with Crippen LogP contribution in [0.2, 0.25) is 0 Å². The van der Waals surface area contributed by atoms with E-state index in [1.165, 1.54) is 0 Å². The molecule has 0 unspecified atom stereocenters. The van der Waals surface area contributed by atoms with Gasteiger partial charge in [-0.3, -0.25) is 0 Å². The normalized spacial score (nSPS) is 2.40. The third kappa shape index (κ3) is 23.4. The van der Waals surface area contributed by atoms with Gasteiger partial charge in [-0.05, 0) is 0 Å². The molecule has 0 nitrogen and oxygen atoms in total. The predicted molar refractivity (Wildman–Crippen MR) is 28.5 cm³/mol. The molecule has 0 saturated carbocycles. The Morgan fingerprint density at radius 3 is 1.20 bits per heavy atom. The maximum atomic E-state index is 4.34. The van der Waals surface area contributed by atoms with E-state index >= 15 is 0 Å². The minimum absolute atomic E-state index is 0. The molecule has 3 radical (unpaired) electrons. The summed E-state index contributed by atoms with van der Waals surface area (Å²) in [4.78, 5) is 0. The van der Waals surface area contributed by atoms with Gasteiger partial charge in [0.05, 0.1) is 0 Å². The molecule has 0 bridgehead atoms. The van der Waals surface area contributed by atoms with Crippen LogP contribution < -0.4 is 0 Å². The van der Waals surface area contributed by atoms with Crippen LogP contribution in [-0.4, -0.2) is 18.9 Å². The van der Waals surface area contributed by atoms with Crippen molar-refractivity contribution in [2.75, 3.05) is 0 Å². The molecule has 0 heterocycles. The van der Waals surface area contributed by atoms with Crippen molar-refractivity contribution >= 4 is 52.0 Å².